The summed E-state index contributed by atoms with van der Waals surface area (Å²) in [5.41, 5.74) is 1.63. The summed E-state index contributed by atoms with van der Waals surface area (Å²) in [6, 6.07) is 13.1. The maximum atomic E-state index is 12.8. The minimum atomic E-state index is -0.328. The van der Waals surface area contributed by atoms with E-state index in [9.17, 15) is 9.90 Å². The van der Waals surface area contributed by atoms with Crippen LogP contribution in [0.3, 0.4) is 0 Å². The quantitative estimate of drug-likeness (QED) is 0.726. The molecule has 1 fully saturated rings. The van der Waals surface area contributed by atoms with Gasteiger partial charge in [-0.1, -0.05) is 30.3 Å². The number of nitrogens with zero attached hydrogens (tertiary/aromatic N) is 2. The Bertz CT molecular complexity index is 687. The number of aliphatic hydroxyl groups excluding tert-OH is 1. The summed E-state index contributed by atoms with van der Waals surface area (Å²) >= 11 is 0. The van der Waals surface area contributed by atoms with E-state index in [1.807, 2.05) is 30.3 Å². The predicted octanol–water partition coefficient (Wildman–Crippen LogP) is 0.825. The molecule has 1 saturated heterocycles. The lowest BCUT2D eigenvalue weighted by Gasteiger charge is -2.30. The molecule has 1 aliphatic rings. The van der Waals surface area contributed by atoms with Gasteiger partial charge in [-0.15, -0.1) is 0 Å². The van der Waals surface area contributed by atoms with Crippen LogP contribution in [0.1, 0.15) is 15.9 Å². The lowest BCUT2D eigenvalue weighted by atomic mass is 10.1. The minimum absolute atomic E-state index is 0.107. The number of aromatic nitrogens is 1. The Morgan fingerprint density at radius 2 is 1.96 bits per heavy atom. The number of piperazine rings is 1. The zero-order chi connectivity index (χ0) is 17.5. The number of carbonyl (C=O) groups is 1. The van der Waals surface area contributed by atoms with Gasteiger partial charge in [0.05, 0.1) is 18.2 Å². The number of amides is 1. The minimum Gasteiger partial charge on any atom is -0.394 e. The van der Waals surface area contributed by atoms with Gasteiger partial charge in [-0.25, -0.2) is 4.98 Å². The molecule has 2 aromatic rings. The molecule has 0 radical (unpaired) electrons. The highest BCUT2D eigenvalue weighted by molar-refractivity contribution is 5.99. The molecule has 6 heteroatoms. The number of hydrogen-bond acceptors (Lipinski definition) is 5. The monoisotopic (exact) mass is 340 g/mol. The van der Waals surface area contributed by atoms with Gasteiger partial charge < -0.3 is 20.6 Å². The van der Waals surface area contributed by atoms with Gasteiger partial charge in [0.2, 0.25) is 0 Å². The molecule has 0 bridgehead atoms. The summed E-state index contributed by atoms with van der Waals surface area (Å²) < 4.78 is 0. The number of rotatable bonds is 6. The van der Waals surface area contributed by atoms with Crippen molar-refractivity contribution in [2.45, 2.75) is 12.5 Å². The van der Waals surface area contributed by atoms with Crippen LogP contribution in [0.5, 0.6) is 0 Å². The number of hydrogen-bond donors (Lipinski definition) is 3. The first-order valence-corrected chi connectivity index (χ1v) is 8.64. The van der Waals surface area contributed by atoms with E-state index in [0.29, 0.717) is 17.8 Å². The van der Waals surface area contributed by atoms with Gasteiger partial charge in [0.25, 0.3) is 5.91 Å². The Balaban J connectivity index is 1.71. The molecule has 2 heterocycles. The van der Waals surface area contributed by atoms with Crippen molar-refractivity contribution in [2.24, 2.45) is 0 Å². The standard InChI is InChI=1S/C19H24N4O2/c24-14-16(13-15-5-2-1-3-6-15)22-19(25)17-7-4-8-21-18(17)23-11-9-20-10-12-23/h1-8,16,20,24H,9-14H2,(H,22,25). The topological polar surface area (TPSA) is 77.5 Å². The van der Waals surface area contributed by atoms with Crippen LogP contribution in [0.25, 0.3) is 0 Å². The van der Waals surface area contributed by atoms with Crippen molar-refractivity contribution in [3.8, 4) is 0 Å². The molecular weight excluding hydrogens is 316 g/mol. The molecule has 3 rings (SSSR count). The summed E-state index contributed by atoms with van der Waals surface area (Å²) in [6.07, 6.45) is 2.30. The third-order valence-electron chi connectivity index (χ3n) is 4.33. The van der Waals surface area contributed by atoms with Crippen LogP contribution in [0, 0.1) is 0 Å². The Morgan fingerprint density at radius 3 is 2.68 bits per heavy atom. The van der Waals surface area contributed by atoms with Gasteiger partial charge in [-0.05, 0) is 24.1 Å². The van der Waals surface area contributed by atoms with Crippen LogP contribution >= 0.6 is 0 Å². The summed E-state index contributed by atoms with van der Waals surface area (Å²) in [7, 11) is 0. The first-order chi connectivity index (χ1) is 12.3. The number of aliphatic hydroxyl groups is 1. The van der Waals surface area contributed by atoms with Crippen LogP contribution in [0.4, 0.5) is 5.82 Å². The largest absolute Gasteiger partial charge is 0.394 e. The Morgan fingerprint density at radius 1 is 1.20 bits per heavy atom. The fraction of sp³-hybridized carbons (Fsp3) is 0.368. The maximum Gasteiger partial charge on any atom is 0.255 e. The molecule has 1 amide bonds. The predicted molar refractivity (Wildman–Crippen MR) is 97.8 cm³/mol. The number of pyridine rings is 1. The molecule has 1 aromatic carbocycles. The summed E-state index contributed by atoms with van der Waals surface area (Å²) in [5, 5.41) is 15.9. The molecule has 1 aromatic heterocycles. The number of nitrogens with one attached hydrogen (secondary N) is 2. The van der Waals surface area contributed by atoms with E-state index in [1.165, 1.54) is 0 Å². The molecule has 1 unspecified atom stereocenters. The molecule has 0 spiro atoms. The van der Waals surface area contributed by atoms with Crippen LogP contribution in [0.15, 0.2) is 48.7 Å². The van der Waals surface area contributed by atoms with Crippen LogP contribution in [-0.4, -0.2) is 54.8 Å². The second-order valence-corrected chi connectivity index (χ2v) is 6.15. The molecular formula is C19H24N4O2. The van der Waals surface area contributed by atoms with Gasteiger partial charge in [-0.2, -0.15) is 0 Å². The van der Waals surface area contributed by atoms with E-state index >= 15 is 0 Å². The summed E-state index contributed by atoms with van der Waals surface area (Å²) in [5.74, 6) is 0.509. The van der Waals surface area contributed by atoms with Gasteiger partial charge in [0.1, 0.15) is 5.82 Å². The Hall–Kier alpha value is -2.44. The van der Waals surface area contributed by atoms with Crippen molar-refractivity contribution < 1.29 is 9.90 Å². The summed E-state index contributed by atoms with van der Waals surface area (Å²) in [4.78, 5) is 19.3. The van der Waals surface area contributed by atoms with E-state index < -0.39 is 0 Å². The van der Waals surface area contributed by atoms with Crippen molar-refractivity contribution in [1.29, 1.82) is 0 Å². The van der Waals surface area contributed by atoms with Crippen molar-refractivity contribution in [3.05, 3.63) is 59.8 Å². The fourth-order valence-corrected chi connectivity index (χ4v) is 3.03. The summed E-state index contributed by atoms with van der Waals surface area (Å²) in [6.45, 7) is 3.30. The molecule has 3 N–H and O–H groups in total. The lowest BCUT2D eigenvalue weighted by Crippen LogP contribution is -2.45. The van der Waals surface area contributed by atoms with Crippen molar-refractivity contribution in [3.63, 3.8) is 0 Å². The van der Waals surface area contributed by atoms with Gasteiger partial charge in [-0.3, -0.25) is 4.79 Å². The third-order valence-corrected chi connectivity index (χ3v) is 4.33. The van der Waals surface area contributed by atoms with E-state index in [-0.39, 0.29) is 18.6 Å². The van der Waals surface area contributed by atoms with Crippen molar-refractivity contribution in [2.75, 3.05) is 37.7 Å². The van der Waals surface area contributed by atoms with E-state index in [4.69, 9.17) is 0 Å². The highest BCUT2D eigenvalue weighted by Crippen LogP contribution is 2.18. The Labute approximate surface area is 147 Å². The van der Waals surface area contributed by atoms with Crippen molar-refractivity contribution >= 4 is 11.7 Å². The first-order valence-electron chi connectivity index (χ1n) is 8.64. The number of anilines is 1. The second-order valence-electron chi connectivity index (χ2n) is 6.15. The molecule has 0 aliphatic carbocycles. The smallest absolute Gasteiger partial charge is 0.255 e. The van der Waals surface area contributed by atoms with Gasteiger partial charge in [0, 0.05) is 32.4 Å². The van der Waals surface area contributed by atoms with E-state index in [1.54, 1.807) is 18.3 Å². The molecule has 0 saturated carbocycles. The fourth-order valence-electron chi connectivity index (χ4n) is 3.03. The third kappa shape index (κ3) is 4.55. The SMILES string of the molecule is O=C(NC(CO)Cc1ccccc1)c1cccnc1N1CCNCC1. The van der Waals surface area contributed by atoms with Crippen LogP contribution in [0.2, 0.25) is 0 Å². The zero-order valence-corrected chi connectivity index (χ0v) is 14.2. The molecule has 1 atom stereocenters. The molecule has 25 heavy (non-hydrogen) atoms. The molecule has 132 valence electrons. The highest BCUT2D eigenvalue weighted by atomic mass is 16.3. The normalized spacial score (nSPS) is 15.6. The highest BCUT2D eigenvalue weighted by Gasteiger charge is 2.21. The number of benzene rings is 1. The van der Waals surface area contributed by atoms with Crippen LogP contribution in [-0.2, 0) is 6.42 Å². The average molecular weight is 340 g/mol. The molecule has 1 aliphatic heterocycles. The maximum absolute atomic E-state index is 12.8. The van der Waals surface area contributed by atoms with Crippen LogP contribution < -0.4 is 15.5 Å². The molecule has 6 nitrogen and oxygen atoms in total. The van der Waals surface area contributed by atoms with E-state index in [0.717, 1.165) is 31.7 Å². The lowest BCUT2D eigenvalue weighted by molar-refractivity contribution is 0.0916. The number of carbonyl (C=O) groups excluding carboxylic acids is 1. The Kier molecular flexibility index (Phi) is 5.98. The zero-order valence-electron chi connectivity index (χ0n) is 14.2. The van der Waals surface area contributed by atoms with Gasteiger partial charge >= 0.3 is 0 Å². The average Bonchev–Trinajstić information content (AvgIpc) is 2.69. The van der Waals surface area contributed by atoms with E-state index in [2.05, 4.69) is 20.5 Å². The van der Waals surface area contributed by atoms with Crippen molar-refractivity contribution in [1.82, 2.24) is 15.6 Å². The first kappa shape index (κ1) is 17.4. The second kappa shape index (κ2) is 8.60. The van der Waals surface area contributed by atoms with Gasteiger partial charge in [0.15, 0.2) is 0 Å².